The van der Waals surface area contributed by atoms with Crippen LogP contribution >= 0.6 is 12.2 Å². The molecule has 3 aromatic rings. The third-order valence-corrected chi connectivity index (χ3v) is 3.96. The minimum atomic E-state index is 0.417. The van der Waals surface area contributed by atoms with Gasteiger partial charge in [0.05, 0.1) is 19.4 Å². The summed E-state index contributed by atoms with van der Waals surface area (Å²) in [6.45, 7) is 4.81. The molecule has 0 amide bonds. The Balaban J connectivity index is 1.70. The molecule has 0 saturated heterocycles. The van der Waals surface area contributed by atoms with E-state index in [1.807, 2.05) is 62.4 Å². The first kappa shape index (κ1) is 19.5. The van der Waals surface area contributed by atoms with Crippen molar-refractivity contribution in [2.45, 2.75) is 26.9 Å². The van der Waals surface area contributed by atoms with Crippen LogP contribution < -0.4 is 16.0 Å². The lowest BCUT2D eigenvalue weighted by Crippen LogP contribution is -2.42. The average Bonchev–Trinajstić information content (AvgIpc) is 3.18. The van der Waals surface area contributed by atoms with Gasteiger partial charge >= 0.3 is 0 Å². The predicted octanol–water partition coefficient (Wildman–Crippen LogP) is 3.32. The van der Waals surface area contributed by atoms with Gasteiger partial charge in [0, 0.05) is 11.4 Å². The van der Waals surface area contributed by atoms with Crippen molar-refractivity contribution >= 4 is 29.2 Å². The molecule has 0 aliphatic carbocycles. The van der Waals surface area contributed by atoms with E-state index in [0.29, 0.717) is 30.1 Å². The second-order valence-electron chi connectivity index (χ2n) is 6.14. The summed E-state index contributed by atoms with van der Waals surface area (Å²) in [7, 11) is 0. The molecule has 0 spiro atoms. The standard InChI is InChI=1S/C20H22N6OS/c1-14-11-15(2)24-19(23-14)25-18(21-12-16-7-4-3-5-8-16)26-20(28)22-13-17-9-6-10-27-17/h3-11H,12-13H2,1-2H3,(H3,21,22,23,24,25,26,28). The highest BCUT2D eigenvalue weighted by molar-refractivity contribution is 7.80. The summed E-state index contributed by atoms with van der Waals surface area (Å²) in [5.41, 5.74) is 2.83. The molecule has 0 saturated carbocycles. The second-order valence-corrected chi connectivity index (χ2v) is 6.55. The zero-order valence-electron chi connectivity index (χ0n) is 15.8. The Labute approximate surface area is 169 Å². The molecule has 0 unspecified atom stereocenters. The lowest BCUT2D eigenvalue weighted by molar-refractivity contribution is 0.503. The van der Waals surface area contributed by atoms with Crippen LogP contribution in [0.5, 0.6) is 0 Å². The van der Waals surface area contributed by atoms with Crippen LogP contribution in [0.1, 0.15) is 22.7 Å². The molecule has 28 heavy (non-hydrogen) atoms. The monoisotopic (exact) mass is 394 g/mol. The number of hydrogen-bond donors (Lipinski definition) is 3. The van der Waals surface area contributed by atoms with E-state index in [1.54, 1.807) is 6.26 Å². The highest BCUT2D eigenvalue weighted by Crippen LogP contribution is 2.05. The van der Waals surface area contributed by atoms with Gasteiger partial charge in [0.15, 0.2) is 5.11 Å². The molecular weight excluding hydrogens is 372 g/mol. The van der Waals surface area contributed by atoms with Crippen LogP contribution in [0.25, 0.3) is 0 Å². The van der Waals surface area contributed by atoms with Gasteiger partial charge < -0.3 is 15.1 Å². The highest BCUT2D eigenvalue weighted by Gasteiger charge is 2.07. The Morgan fingerprint density at radius 1 is 1.07 bits per heavy atom. The number of anilines is 1. The number of hydrogen-bond acceptors (Lipinski definition) is 5. The van der Waals surface area contributed by atoms with E-state index in [9.17, 15) is 0 Å². The van der Waals surface area contributed by atoms with Gasteiger partial charge in [-0.15, -0.1) is 0 Å². The third kappa shape index (κ3) is 6.17. The minimum absolute atomic E-state index is 0.417. The topological polar surface area (TPSA) is 87.4 Å². The van der Waals surface area contributed by atoms with Gasteiger partial charge in [0.2, 0.25) is 11.9 Å². The van der Waals surface area contributed by atoms with Crippen LogP contribution in [-0.2, 0) is 13.1 Å². The number of aryl methyl sites for hydroxylation is 2. The SMILES string of the molecule is Cc1cc(C)nc(NC(=NCc2ccccc2)NC(=S)NCc2ccco2)n1. The first-order valence-electron chi connectivity index (χ1n) is 8.83. The Hall–Kier alpha value is -3.26. The molecule has 0 aliphatic heterocycles. The molecule has 144 valence electrons. The number of benzene rings is 1. The van der Waals surface area contributed by atoms with Crippen molar-refractivity contribution in [3.63, 3.8) is 0 Å². The Kier molecular flexibility index (Phi) is 6.69. The van der Waals surface area contributed by atoms with Crippen molar-refractivity contribution in [2.24, 2.45) is 4.99 Å². The van der Waals surface area contributed by atoms with E-state index in [2.05, 4.69) is 30.9 Å². The fraction of sp³-hybridized carbons (Fsp3) is 0.200. The molecule has 0 fully saturated rings. The molecule has 2 aromatic heterocycles. The van der Waals surface area contributed by atoms with Crippen LogP contribution in [0.15, 0.2) is 64.2 Å². The van der Waals surface area contributed by atoms with Gasteiger partial charge in [-0.25, -0.2) is 15.0 Å². The molecule has 3 rings (SSSR count). The average molecular weight is 395 g/mol. The van der Waals surface area contributed by atoms with Crippen LogP contribution in [0.3, 0.4) is 0 Å². The fourth-order valence-electron chi connectivity index (χ4n) is 2.48. The number of aliphatic imine (C=N–C) groups is 1. The van der Waals surface area contributed by atoms with Crippen molar-refractivity contribution in [3.05, 3.63) is 77.5 Å². The molecule has 0 aliphatic rings. The Morgan fingerprint density at radius 2 is 1.82 bits per heavy atom. The zero-order valence-corrected chi connectivity index (χ0v) is 16.6. The number of guanidine groups is 1. The highest BCUT2D eigenvalue weighted by atomic mass is 32.1. The normalized spacial score (nSPS) is 11.1. The van der Waals surface area contributed by atoms with E-state index in [-0.39, 0.29) is 0 Å². The minimum Gasteiger partial charge on any atom is -0.467 e. The molecule has 1 aromatic carbocycles. The Bertz CT molecular complexity index is 920. The molecule has 7 nitrogen and oxygen atoms in total. The summed E-state index contributed by atoms with van der Waals surface area (Å²) in [5, 5.41) is 9.70. The molecular formula is C20H22N6OS. The van der Waals surface area contributed by atoms with Crippen molar-refractivity contribution in [1.29, 1.82) is 0 Å². The van der Waals surface area contributed by atoms with Crippen LogP contribution in [0, 0.1) is 13.8 Å². The predicted molar refractivity (Wildman–Crippen MR) is 114 cm³/mol. The number of nitrogens with one attached hydrogen (secondary N) is 3. The lowest BCUT2D eigenvalue weighted by atomic mass is 10.2. The maximum absolute atomic E-state index is 5.38. The zero-order chi connectivity index (χ0) is 19.8. The number of nitrogens with zero attached hydrogens (tertiary/aromatic N) is 3. The van der Waals surface area contributed by atoms with Gasteiger partial charge in [-0.2, -0.15) is 0 Å². The first-order valence-corrected chi connectivity index (χ1v) is 9.24. The fourth-order valence-corrected chi connectivity index (χ4v) is 2.65. The van der Waals surface area contributed by atoms with Crippen molar-refractivity contribution < 1.29 is 4.42 Å². The number of thiocarbonyl (C=S) groups is 1. The molecule has 0 radical (unpaired) electrons. The maximum atomic E-state index is 5.38. The summed E-state index contributed by atoms with van der Waals surface area (Å²) < 4.78 is 5.30. The van der Waals surface area contributed by atoms with Gasteiger partial charge in [-0.1, -0.05) is 30.3 Å². The summed E-state index contributed by atoms with van der Waals surface area (Å²) in [4.78, 5) is 13.4. The lowest BCUT2D eigenvalue weighted by Gasteiger charge is -2.14. The quantitative estimate of drug-likeness (QED) is 0.348. The first-order chi connectivity index (χ1) is 13.6. The van der Waals surface area contributed by atoms with Crippen molar-refractivity contribution in [3.8, 4) is 0 Å². The summed E-state index contributed by atoms with van der Waals surface area (Å²) >= 11 is 5.38. The summed E-state index contributed by atoms with van der Waals surface area (Å²) in [6, 6.07) is 15.6. The molecule has 2 heterocycles. The number of rotatable bonds is 5. The Morgan fingerprint density at radius 3 is 2.50 bits per heavy atom. The van der Waals surface area contributed by atoms with Crippen molar-refractivity contribution in [1.82, 2.24) is 20.6 Å². The number of furan rings is 1. The molecule has 8 heteroatoms. The molecule has 3 N–H and O–H groups in total. The number of aromatic nitrogens is 2. The van der Waals surface area contributed by atoms with E-state index in [0.717, 1.165) is 22.7 Å². The van der Waals surface area contributed by atoms with Gasteiger partial charge in [0.25, 0.3) is 0 Å². The van der Waals surface area contributed by atoms with Gasteiger partial charge in [-0.3, -0.25) is 5.32 Å². The summed E-state index contributed by atoms with van der Waals surface area (Å²) in [5.74, 6) is 1.72. The molecule has 0 bridgehead atoms. The van der Waals surface area contributed by atoms with Gasteiger partial charge in [-0.05, 0) is 49.8 Å². The largest absolute Gasteiger partial charge is 0.467 e. The van der Waals surface area contributed by atoms with E-state index >= 15 is 0 Å². The van der Waals surface area contributed by atoms with Crippen molar-refractivity contribution in [2.75, 3.05) is 5.32 Å². The van der Waals surface area contributed by atoms with Crippen LogP contribution in [0.2, 0.25) is 0 Å². The third-order valence-electron chi connectivity index (χ3n) is 3.71. The van der Waals surface area contributed by atoms with E-state index in [4.69, 9.17) is 16.6 Å². The van der Waals surface area contributed by atoms with Gasteiger partial charge in [0.1, 0.15) is 5.76 Å². The second kappa shape index (κ2) is 9.61. The van der Waals surface area contributed by atoms with Crippen LogP contribution in [0.4, 0.5) is 5.95 Å². The van der Waals surface area contributed by atoms with E-state index in [1.165, 1.54) is 0 Å². The van der Waals surface area contributed by atoms with Crippen LogP contribution in [-0.4, -0.2) is 21.0 Å². The molecule has 0 atom stereocenters. The summed E-state index contributed by atoms with van der Waals surface area (Å²) in [6.07, 6.45) is 1.62. The smallest absolute Gasteiger partial charge is 0.229 e. The maximum Gasteiger partial charge on any atom is 0.229 e. The van der Waals surface area contributed by atoms with E-state index < -0.39 is 0 Å².